The maximum Gasteiger partial charge on any atom is 0.0801 e. The van der Waals surface area contributed by atoms with Crippen molar-refractivity contribution in [1.29, 1.82) is 0 Å². The molecule has 11 heavy (non-hydrogen) atoms. The largest absolute Gasteiger partial charge is 0.390 e. The van der Waals surface area contributed by atoms with Crippen molar-refractivity contribution in [2.75, 3.05) is 0 Å². The summed E-state index contributed by atoms with van der Waals surface area (Å²) in [7, 11) is 0. The molecule has 0 aliphatic heterocycles. The summed E-state index contributed by atoms with van der Waals surface area (Å²) in [5, 5.41) is 18.5. The minimum atomic E-state index is -0.516. The number of rotatable bonds is 1. The Morgan fingerprint density at radius 2 is 1.91 bits per heavy atom. The highest BCUT2D eigenvalue weighted by Gasteiger charge is 2.28. The van der Waals surface area contributed by atoms with E-state index in [-0.39, 0.29) is 0 Å². The van der Waals surface area contributed by atoms with Gasteiger partial charge in [-0.15, -0.1) is 0 Å². The molecule has 0 spiro atoms. The van der Waals surface area contributed by atoms with E-state index >= 15 is 0 Å². The van der Waals surface area contributed by atoms with E-state index in [1.165, 1.54) is 0 Å². The molecule has 0 aromatic rings. The van der Waals surface area contributed by atoms with Crippen LogP contribution >= 0.6 is 0 Å². The lowest BCUT2D eigenvalue weighted by Crippen LogP contribution is -2.35. The van der Waals surface area contributed by atoms with Gasteiger partial charge in [0.2, 0.25) is 0 Å². The van der Waals surface area contributed by atoms with E-state index in [9.17, 15) is 10.2 Å². The molecule has 0 bridgehead atoms. The van der Waals surface area contributed by atoms with Crippen LogP contribution in [-0.2, 0) is 0 Å². The van der Waals surface area contributed by atoms with Gasteiger partial charge in [0.15, 0.2) is 0 Å². The standard InChI is InChI=1S/C9H17O2/c1-6(2)7-3-4-8(10)9(11)5-7/h6-11H,1,3-5H2,2H3. The van der Waals surface area contributed by atoms with Crippen molar-refractivity contribution in [3.8, 4) is 0 Å². The van der Waals surface area contributed by atoms with Gasteiger partial charge >= 0.3 is 0 Å². The first-order chi connectivity index (χ1) is 5.11. The third-order valence-corrected chi connectivity index (χ3v) is 2.63. The zero-order chi connectivity index (χ0) is 8.43. The average Bonchev–Trinajstić information content (AvgIpc) is 1.94. The summed E-state index contributed by atoms with van der Waals surface area (Å²) in [5.74, 6) is 0.880. The average molecular weight is 157 g/mol. The molecule has 0 saturated heterocycles. The second-order valence-electron chi connectivity index (χ2n) is 3.69. The summed E-state index contributed by atoms with van der Waals surface area (Å²) in [6, 6.07) is 0. The first kappa shape index (κ1) is 9.01. The molecule has 1 aliphatic carbocycles. The van der Waals surface area contributed by atoms with Crippen LogP contribution in [0.25, 0.3) is 0 Å². The molecule has 1 saturated carbocycles. The molecule has 1 radical (unpaired) electrons. The van der Waals surface area contributed by atoms with Gasteiger partial charge in [0.1, 0.15) is 0 Å². The quantitative estimate of drug-likeness (QED) is 0.595. The number of aliphatic hydroxyl groups excluding tert-OH is 2. The van der Waals surface area contributed by atoms with E-state index in [0.29, 0.717) is 18.3 Å². The lowest BCUT2D eigenvalue weighted by molar-refractivity contribution is -0.0305. The van der Waals surface area contributed by atoms with Crippen LogP contribution in [0.5, 0.6) is 0 Å². The molecule has 4 unspecified atom stereocenters. The van der Waals surface area contributed by atoms with Gasteiger partial charge in [-0.3, -0.25) is 0 Å². The third-order valence-electron chi connectivity index (χ3n) is 2.63. The second kappa shape index (κ2) is 3.55. The van der Waals surface area contributed by atoms with E-state index in [4.69, 9.17) is 0 Å². The molecule has 4 atom stereocenters. The molecule has 1 aliphatic rings. The fraction of sp³-hybridized carbons (Fsp3) is 0.889. The molecule has 2 N–H and O–H groups in total. The summed E-state index contributed by atoms with van der Waals surface area (Å²) in [4.78, 5) is 0. The van der Waals surface area contributed by atoms with Crippen LogP contribution in [0, 0.1) is 18.8 Å². The van der Waals surface area contributed by atoms with Crippen molar-refractivity contribution in [1.82, 2.24) is 0 Å². The van der Waals surface area contributed by atoms with Crippen LogP contribution in [0.1, 0.15) is 26.2 Å². The third kappa shape index (κ3) is 2.17. The van der Waals surface area contributed by atoms with Gasteiger partial charge in [0.25, 0.3) is 0 Å². The van der Waals surface area contributed by atoms with Crippen LogP contribution < -0.4 is 0 Å². The van der Waals surface area contributed by atoms with Crippen LogP contribution in [0.2, 0.25) is 0 Å². The van der Waals surface area contributed by atoms with Crippen LogP contribution in [0.15, 0.2) is 0 Å². The van der Waals surface area contributed by atoms with E-state index in [2.05, 4.69) is 13.8 Å². The SMILES string of the molecule is [CH2]C(C)C1CCC(O)C(O)C1. The Balaban J connectivity index is 2.40. The number of hydrogen-bond acceptors (Lipinski definition) is 2. The fourth-order valence-electron chi connectivity index (χ4n) is 1.68. The van der Waals surface area contributed by atoms with Crippen molar-refractivity contribution in [3.05, 3.63) is 6.92 Å². The van der Waals surface area contributed by atoms with Gasteiger partial charge in [-0.2, -0.15) is 0 Å². The first-order valence-electron chi connectivity index (χ1n) is 4.30. The Morgan fingerprint density at radius 3 is 2.36 bits per heavy atom. The molecule has 1 rings (SSSR count). The van der Waals surface area contributed by atoms with Crippen molar-refractivity contribution in [3.63, 3.8) is 0 Å². The van der Waals surface area contributed by atoms with Crippen molar-refractivity contribution in [2.45, 2.75) is 38.4 Å². The lowest BCUT2D eigenvalue weighted by atomic mass is 9.79. The topological polar surface area (TPSA) is 40.5 Å². The first-order valence-corrected chi connectivity index (χ1v) is 4.30. The van der Waals surface area contributed by atoms with E-state index in [1.54, 1.807) is 0 Å². The molecular weight excluding hydrogens is 140 g/mol. The Bertz CT molecular complexity index is 123. The minimum absolute atomic E-state index is 0.386. The van der Waals surface area contributed by atoms with Crippen LogP contribution in [0.4, 0.5) is 0 Å². The summed E-state index contributed by atoms with van der Waals surface area (Å²) < 4.78 is 0. The highest BCUT2D eigenvalue weighted by molar-refractivity contribution is 4.82. The predicted molar refractivity (Wildman–Crippen MR) is 43.9 cm³/mol. The Hall–Kier alpha value is -0.0800. The summed E-state index contributed by atoms with van der Waals surface area (Å²) >= 11 is 0. The fourth-order valence-corrected chi connectivity index (χ4v) is 1.68. The molecule has 0 aromatic heterocycles. The van der Waals surface area contributed by atoms with Crippen LogP contribution in [-0.4, -0.2) is 22.4 Å². The van der Waals surface area contributed by atoms with Crippen molar-refractivity contribution in [2.24, 2.45) is 11.8 Å². The highest BCUT2D eigenvalue weighted by atomic mass is 16.3. The number of hydrogen-bond donors (Lipinski definition) is 2. The monoisotopic (exact) mass is 157 g/mol. The van der Waals surface area contributed by atoms with Gasteiger partial charge < -0.3 is 10.2 Å². The second-order valence-corrected chi connectivity index (χ2v) is 3.69. The smallest absolute Gasteiger partial charge is 0.0801 e. The molecule has 0 aromatic carbocycles. The van der Waals surface area contributed by atoms with Crippen molar-refractivity contribution >= 4 is 0 Å². The molecule has 2 heteroatoms. The Kier molecular flexibility index (Phi) is 2.90. The van der Waals surface area contributed by atoms with Gasteiger partial charge in [-0.1, -0.05) is 13.8 Å². The molecule has 65 valence electrons. The van der Waals surface area contributed by atoms with Gasteiger partial charge in [-0.25, -0.2) is 0 Å². The summed E-state index contributed by atoms with van der Waals surface area (Å²) in [5.41, 5.74) is 0. The summed E-state index contributed by atoms with van der Waals surface area (Å²) in [6.45, 7) is 5.99. The number of aliphatic hydroxyl groups is 2. The summed E-state index contributed by atoms with van der Waals surface area (Å²) in [6.07, 6.45) is 1.43. The van der Waals surface area contributed by atoms with Crippen molar-refractivity contribution < 1.29 is 10.2 Å². The minimum Gasteiger partial charge on any atom is -0.390 e. The Labute approximate surface area is 68.2 Å². The Morgan fingerprint density at radius 1 is 1.27 bits per heavy atom. The predicted octanol–water partition coefficient (Wildman–Crippen LogP) is 0.978. The molecule has 0 heterocycles. The highest BCUT2D eigenvalue weighted by Crippen LogP contribution is 2.29. The zero-order valence-electron chi connectivity index (χ0n) is 7.03. The molecule has 0 amide bonds. The van der Waals surface area contributed by atoms with Gasteiger partial charge in [-0.05, 0) is 31.1 Å². The van der Waals surface area contributed by atoms with Gasteiger partial charge in [0, 0.05) is 0 Å². The normalized spacial score (nSPS) is 39.5. The van der Waals surface area contributed by atoms with E-state index < -0.39 is 12.2 Å². The van der Waals surface area contributed by atoms with E-state index in [0.717, 1.165) is 12.8 Å². The van der Waals surface area contributed by atoms with Crippen LogP contribution in [0.3, 0.4) is 0 Å². The zero-order valence-corrected chi connectivity index (χ0v) is 7.03. The lowest BCUT2D eigenvalue weighted by Gasteiger charge is -2.32. The maximum atomic E-state index is 9.32. The molecular formula is C9H17O2. The van der Waals surface area contributed by atoms with E-state index in [1.807, 2.05) is 0 Å². The van der Waals surface area contributed by atoms with Gasteiger partial charge in [0.05, 0.1) is 12.2 Å². The molecule has 2 nitrogen and oxygen atoms in total. The maximum absolute atomic E-state index is 9.32. The molecule has 1 fully saturated rings.